The maximum absolute atomic E-state index is 5.96. The van der Waals surface area contributed by atoms with Crippen LogP contribution >= 0.6 is 15.9 Å². The summed E-state index contributed by atoms with van der Waals surface area (Å²) < 4.78 is 5.96. The zero-order valence-corrected chi connectivity index (χ0v) is 14.0. The van der Waals surface area contributed by atoms with Gasteiger partial charge in [0.05, 0.1) is 0 Å². The SMILES string of the molecule is Cc1cc(C(C)(C)C)ccc1Oc1ncccc1CBr. The molecule has 2 nitrogen and oxygen atoms in total. The Balaban J connectivity index is 2.31. The summed E-state index contributed by atoms with van der Waals surface area (Å²) in [5.41, 5.74) is 3.63. The predicted octanol–water partition coefficient (Wildman–Crippen LogP) is 5.37. The minimum Gasteiger partial charge on any atom is -0.438 e. The van der Waals surface area contributed by atoms with Crippen molar-refractivity contribution < 1.29 is 4.74 Å². The van der Waals surface area contributed by atoms with E-state index >= 15 is 0 Å². The minimum atomic E-state index is 0.148. The van der Waals surface area contributed by atoms with Crippen LogP contribution in [0.15, 0.2) is 36.5 Å². The van der Waals surface area contributed by atoms with E-state index in [-0.39, 0.29) is 5.41 Å². The number of nitrogens with zero attached hydrogens (tertiary/aromatic N) is 1. The summed E-state index contributed by atoms with van der Waals surface area (Å²) in [5.74, 6) is 1.52. The van der Waals surface area contributed by atoms with Gasteiger partial charge in [0.2, 0.25) is 5.88 Å². The standard InChI is InChI=1S/C17H20BrNO/c1-12-10-14(17(2,3)4)7-8-15(12)20-16-13(11-18)6-5-9-19-16/h5-10H,11H2,1-4H3. The van der Waals surface area contributed by atoms with Crippen LogP contribution in [0, 0.1) is 6.92 Å². The molecular weight excluding hydrogens is 314 g/mol. The molecule has 1 aromatic carbocycles. The molecule has 0 spiro atoms. The van der Waals surface area contributed by atoms with Gasteiger partial charge in [-0.1, -0.05) is 54.9 Å². The number of rotatable bonds is 3. The van der Waals surface area contributed by atoms with Crippen LogP contribution in [0.25, 0.3) is 0 Å². The van der Waals surface area contributed by atoms with Gasteiger partial charge in [-0.3, -0.25) is 0 Å². The van der Waals surface area contributed by atoms with Gasteiger partial charge in [-0.15, -0.1) is 0 Å². The molecule has 1 aromatic heterocycles. The Labute approximate surface area is 129 Å². The first-order valence-corrected chi connectivity index (χ1v) is 7.83. The summed E-state index contributed by atoms with van der Waals surface area (Å²) in [6.45, 7) is 8.71. The Morgan fingerprint density at radius 2 is 1.95 bits per heavy atom. The number of benzene rings is 1. The van der Waals surface area contributed by atoms with Gasteiger partial charge >= 0.3 is 0 Å². The first kappa shape index (κ1) is 15.0. The van der Waals surface area contributed by atoms with E-state index < -0.39 is 0 Å². The predicted molar refractivity (Wildman–Crippen MR) is 86.8 cm³/mol. The first-order valence-electron chi connectivity index (χ1n) is 6.70. The largest absolute Gasteiger partial charge is 0.438 e. The number of hydrogen-bond donors (Lipinski definition) is 0. The molecule has 1 heterocycles. The molecule has 0 N–H and O–H groups in total. The molecule has 0 aliphatic carbocycles. The van der Waals surface area contributed by atoms with Gasteiger partial charge in [0.25, 0.3) is 0 Å². The highest BCUT2D eigenvalue weighted by Crippen LogP contribution is 2.31. The smallest absolute Gasteiger partial charge is 0.223 e. The Morgan fingerprint density at radius 3 is 2.55 bits per heavy atom. The molecule has 0 atom stereocenters. The Kier molecular flexibility index (Phi) is 4.48. The van der Waals surface area contributed by atoms with Crippen LogP contribution in [0.1, 0.15) is 37.5 Å². The molecule has 0 aliphatic rings. The normalized spacial score (nSPS) is 11.4. The van der Waals surface area contributed by atoms with Crippen molar-refractivity contribution in [3.05, 3.63) is 53.2 Å². The lowest BCUT2D eigenvalue weighted by Crippen LogP contribution is -2.11. The molecule has 0 bridgehead atoms. The maximum Gasteiger partial charge on any atom is 0.223 e. The number of hydrogen-bond acceptors (Lipinski definition) is 2. The lowest BCUT2D eigenvalue weighted by Gasteiger charge is -2.20. The number of pyridine rings is 1. The van der Waals surface area contributed by atoms with E-state index in [0.29, 0.717) is 5.88 Å². The van der Waals surface area contributed by atoms with Crippen molar-refractivity contribution in [3.8, 4) is 11.6 Å². The topological polar surface area (TPSA) is 22.1 Å². The van der Waals surface area contributed by atoms with E-state index in [4.69, 9.17) is 4.74 Å². The molecule has 2 rings (SSSR count). The average Bonchev–Trinajstić information content (AvgIpc) is 2.40. The summed E-state index contributed by atoms with van der Waals surface area (Å²) in [6.07, 6.45) is 1.75. The van der Waals surface area contributed by atoms with Gasteiger partial charge in [0.1, 0.15) is 5.75 Å². The minimum absolute atomic E-state index is 0.148. The van der Waals surface area contributed by atoms with Gasteiger partial charge in [-0.2, -0.15) is 0 Å². The van der Waals surface area contributed by atoms with Crippen LogP contribution in [0.4, 0.5) is 0 Å². The van der Waals surface area contributed by atoms with E-state index in [1.807, 2.05) is 18.2 Å². The first-order chi connectivity index (χ1) is 9.41. The van der Waals surface area contributed by atoms with Crippen molar-refractivity contribution in [1.29, 1.82) is 0 Å². The fourth-order valence-electron chi connectivity index (χ4n) is 1.95. The molecule has 0 amide bonds. The van der Waals surface area contributed by atoms with E-state index in [2.05, 4.69) is 60.7 Å². The average molecular weight is 334 g/mol. The maximum atomic E-state index is 5.96. The van der Waals surface area contributed by atoms with E-state index in [0.717, 1.165) is 22.2 Å². The molecular formula is C17H20BrNO. The quantitative estimate of drug-likeness (QED) is 0.704. The zero-order valence-electron chi connectivity index (χ0n) is 12.4. The highest BCUT2D eigenvalue weighted by atomic mass is 79.9. The van der Waals surface area contributed by atoms with Crippen LogP contribution in [-0.2, 0) is 10.7 Å². The number of aromatic nitrogens is 1. The molecule has 2 aromatic rings. The lowest BCUT2D eigenvalue weighted by molar-refractivity contribution is 0.454. The highest BCUT2D eigenvalue weighted by Gasteiger charge is 2.15. The van der Waals surface area contributed by atoms with Crippen molar-refractivity contribution in [2.45, 2.75) is 38.4 Å². The molecule has 0 saturated heterocycles. The summed E-state index contributed by atoms with van der Waals surface area (Å²) >= 11 is 3.46. The van der Waals surface area contributed by atoms with Crippen LogP contribution in [0.3, 0.4) is 0 Å². The van der Waals surface area contributed by atoms with Crippen LogP contribution in [0.5, 0.6) is 11.6 Å². The second kappa shape index (κ2) is 5.96. The molecule has 0 unspecified atom stereocenters. The lowest BCUT2D eigenvalue weighted by atomic mass is 9.86. The van der Waals surface area contributed by atoms with Gasteiger partial charge in [-0.25, -0.2) is 4.98 Å². The van der Waals surface area contributed by atoms with Crippen molar-refractivity contribution in [2.75, 3.05) is 0 Å². The second-order valence-electron chi connectivity index (χ2n) is 5.93. The van der Waals surface area contributed by atoms with Gasteiger partial charge in [-0.05, 0) is 35.6 Å². The Hall–Kier alpha value is -1.35. The number of alkyl halides is 1. The third kappa shape index (κ3) is 3.40. The summed E-state index contributed by atoms with van der Waals surface area (Å²) in [6, 6.07) is 10.3. The zero-order chi connectivity index (χ0) is 14.8. The number of halogens is 1. The second-order valence-corrected chi connectivity index (χ2v) is 6.49. The fraction of sp³-hybridized carbons (Fsp3) is 0.353. The van der Waals surface area contributed by atoms with E-state index in [1.165, 1.54) is 5.56 Å². The summed E-state index contributed by atoms with van der Waals surface area (Å²) in [4.78, 5) is 4.30. The van der Waals surface area contributed by atoms with Crippen molar-refractivity contribution in [3.63, 3.8) is 0 Å². The van der Waals surface area contributed by atoms with Gasteiger partial charge in [0.15, 0.2) is 0 Å². The Morgan fingerprint density at radius 1 is 1.20 bits per heavy atom. The molecule has 3 heteroatoms. The van der Waals surface area contributed by atoms with Crippen molar-refractivity contribution in [1.82, 2.24) is 4.98 Å². The van der Waals surface area contributed by atoms with Crippen LogP contribution < -0.4 is 4.74 Å². The van der Waals surface area contributed by atoms with Gasteiger partial charge < -0.3 is 4.74 Å². The summed E-state index contributed by atoms with van der Waals surface area (Å²) in [7, 11) is 0. The monoisotopic (exact) mass is 333 g/mol. The molecule has 20 heavy (non-hydrogen) atoms. The van der Waals surface area contributed by atoms with Crippen molar-refractivity contribution >= 4 is 15.9 Å². The molecule has 0 fully saturated rings. The van der Waals surface area contributed by atoms with E-state index in [9.17, 15) is 0 Å². The van der Waals surface area contributed by atoms with Crippen LogP contribution in [-0.4, -0.2) is 4.98 Å². The molecule has 0 saturated carbocycles. The highest BCUT2D eigenvalue weighted by molar-refractivity contribution is 9.08. The fourth-order valence-corrected chi connectivity index (χ4v) is 2.38. The van der Waals surface area contributed by atoms with Gasteiger partial charge in [0, 0.05) is 17.1 Å². The summed E-state index contributed by atoms with van der Waals surface area (Å²) in [5, 5.41) is 0.731. The molecule has 0 aliphatic heterocycles. The van der Waals surface area contributed by atoms with Crippen molar-refractivity contribution in [2.24, 2.45) is 0 Å². The molecule has 106 valence electrons. The number of aryl methyl sites for hydroxylation is 1. The van der Waals surface area contributed by atoms with E-state index in [1.54, 1.807) is 6.20 Å². The van der Waals surface area contributed by atoms with Crippen LogP contribution in [0.2, 0.25) is 0 Å². The Bertz CT molecular complexity index is 602. The molecule has 0 radical (unpaired) electrons. The third-order valence-electron chi connectivity index (χ3n) is 3.24. The number of ether oxygens (including phenoxy) is 1. The third-order valence-corrected chi connectivity index (χ3v) is 3.85.